The Balaban J connectivity index is 1.92. The molecule has 0 aliphatic heterocycles. The zero-order valence-corrected chi connectivity index (χ0v) is 13.4. The predicted octanol–water partition coefficient (Wildman–Crippen LogP) is 1.06. The second kappa shape index (κ2) is 6.48. The van der Waals surface area contributed by atoms with E-state index >= 15 is 0 Å². The molecule has 1 N–H and O–H groups in total. The Bertz CT molecular complexity index is 662. The van der Waals surface area contributed by atoms with Crippen molar-refractivity contribution in [3.63, 3.8) is 0 Å². The van der Waals surface area contributed by atoms with Crippen LogP contribution in [0.2, 0.25) is 0 Å². The van der Waals surface area contributed by atoms with Crippen LogP contribution in [-0.4, -0.2) is 38.7 Å². The lowest BCUT2D eigenvalue weighted by molar-refractivity contribution is -0.129. The van der Waals surface area contributed by atoms with Crippen molar-refractivity contribution in [3.8, 4) is 0 Å². The van der Waals surface area contributed by atoms with Gasteiger partial charge in [0.15, 0.2) is 15.9 Å². The lowest BCUT2D eigenvalue weighted by Gasteiger charge is -2.13. The van der Waals surface area contributed by atoms with E-state index in [9.17, 15) is 18.0 Å². The Morgan fingerprint density at radius 1 is 1.27 bits per heavy atom. The number of hydrogen-bond donors (Lipinski definition) is 1. The lowest BCUT2D eigenvalue weighted by atomic mass is 10.1. The van der Waals surface area contributed by atoms with Crippen molar-refractivity contribution in [1.29, 1.82) is 0 Å². The van der Waals surface area contributed by atoms with E-state index in [1.807, 2.05) is 0 Å². The minimum absolute atomic E-state index is 0.0808. The van der Waals surface area contributed by atoms with Gasteiger partial charge in [-0.05, 0) is 37.5 Å². The van der Waals surface area contributed by atoms with Crippen molar-refractivity contribution < 1.29 is 22.7 Å². The van der Waals surface area contributed by atoms with Gasteiger partial charge in [0.2, 0.25) is 0 Å². The van der Waals surface area contributed by atoms with Crippen LogP contribution >= 0.6 is 0 Å². The van der Waals surface area contributed by atoms with Crippen molar-refractivity contribution in [2.45, 2.75) is 37.7 Å². The number of ether oxygens (including phenoxy) is 1. The molecule has 6 nitrogen and oxygen atoms in total. The van der Waals surface area contributed by atoms with Gasteiger partial charge in [-0.25, -0.2) is 13.2 Å². The first-order chi connectivity index (χ1) is 10.2. The number of carbonyl (C=O) groups excluding carboxylic acids is 2. The van der Waals surface area contributed by atoms with Crippen LogP contribution in [0.25, 0.3) is 0 Å². The average molecular weight is 325 g/mol. The van der Waals surface area contributed by atoms with Gasteiger partial charge >= 0.3 is 5.97 Å². The summed E-state index contributed by atoms with van der Waals surface area (Å²) in [4.78, 5) is 23.7. The molecule has 0 spiro atoms. The molecule has 1 aliphatic rings. The van der Waals surface area contributed by atoms with E-state index in [0.29, 0.717) is 5.56 Å². The molecule has 0 saturated heterocycles. The van der Waals surface area contributed by atoms with Gasteiger partial charge in [-0.1, -0.05) is 12.1 Å². The number of sulfone groups is 1. The molecule has 0 unspecified atom stereocenters. The maximum absolute atomic E-state index is 11.9. The molecular formula is C15H19NO5S. The van der Waals surface area contributed by atoms with Crippen LogP contribution in [0.5, 0.6) is 0 Å². The zero-order chi connectivity index (χ0) is 16.3. The quantitative estimate of drug-likeness (QED) is 0.790. The van der Waals surface area contributed by atoms with E-state index in [1.165, 1.54) is 19.1 Å². The first-order valence-electron chi connectivity index (χ1n) is 7.02. The summed E-state index contributed by atoms with van der Waals surface area (Å²) in [5, 5.41) is 2.76. The van der Waals surface area contributed by atoms with Crippen LogP contribution in [0.1, 0.15) is 35.7 Å². The first-order valence-corrected chi connectivity index (χ1v) is 9.08. The van der Waals surface area contributed by atoms with Crippen LogP contribution < -0.4 is 5.32 Å². The molecule has 1 aromatic rings. The monoisotopic (exact) mass is 325 g/mol. The summed E-state index contributed by atoms with van der Waals surface area (Å²) in [7, 11) is -3.12. The van der Waals surface area contributed by atoms with Crippen molar-refractivity contribution in [1.82, 2.24) is 5.32 Å². The molecule has 1 fully saturated rings. The second-order valence-corrected chi connectivity index (χ2v) is 7.74. The van der Waals surface area contributed by atoms with Crippen LogP contribution in [-0.2, 0) is 25.1 Å². The van der Waals surface area contributed by atoms with E-state index in [0.717, 1.165) is 19.1 Å². The molecule has 1 aromatic carbocycles. The van der Waals surface area contributed by atoms with Crippen molar-refractivity contribution in [2.75, 3.05) is 6.26 Å². The maximum Gasteiger partial charge on any atom is 0.338 e. The smallest absolute Gasteiger partial charge is 0.338 e. The average Bonchev–Trinajstić information content (AvgIpc) is 3.21. The molecule has 120 valence electrons. The van der Waals surface area contributed by atoms with Crippen LogP contribution in [0.15, 0.2) is 24.3 Å². The summed E-state index contributed by atoms with van der Waals surface area (Å²) in [5.74, 6) is -0.989. The summed E-state index contributed by atoms with van der Waals surface area (Å²) < 4.78 is 27.5. The Morgan fingerprint density at radius 2 is 1.86 bits per heavy atom. The molecule has 0 heterocycles. The number of amides is 1. The van der Waals surface area contributed by atoms with Crippen molar-refractivity contribution in [3.05, 3.63) is 35.4 Å². The molecule has 22 heavy (non-hydrogen) atoms. The Labute approximate surface area is 129 Å². The standard InChI is InChI=1S/C15H19NO5S/c1-10(14(17)16-13-7-8-13)21-15(18)12-5-3-11(4-6-12)9-22(2,19)20/h3-6,10,13H,7-9H2,1-2H3,(H,16,17)/t10-/m1/s1. The van der Waals surface area contributed by atoms with Crippen molar-refractivity contribution in [2.24, 2.45) is 0 Å². The number of nitrogens with one attached hydrogen (secondary N) is 1. The Kier molecular flexibility index (Phi) is 4.85. The fourth-order valence-electron chi connectivity index (χ4n) is 1.87. The summed E-state index contributed by atoms with van der Waals surface area (Å²) in [6, 6.07) is 6.32. The molecule has 1 aliphatic carbocycles. The summed E-state index contributed by atoms with van der Waals surface area (Å²) in [6.45, 7) is 1.52. The third-order valence-electron chi connectivity index (χ3n) is 3.20. The Hall–Kier alpha value is -1.89. The minimum atomic E-state index is -3.12. The normalized spacial score (nSPS) is 15.9. The summed E-state index contributed by atoms with van der Waals surface area (Å²) >= 11 is 0. The molecule has 1 atom stereocenters. The molecule has 7 heteroatoms. The third-order valence-corrected chi connectivity index (χ3v) is 4.05. The van der Waals surface area contributed by atoms with E-state index in [1.54, 1.807) is 12.1 Å². The molecule has 2 rings (SSSR count). The van der Waals surface area contributed by atoms with Gasteiger partial charge in [0.1, 0.15) is 0 Å². The SMILES string of the molecule is C[C@@H](OC(=O)c1ccc(CS(C)(=O)=O)cc1)C(=O)NC1CC1. The molecule has 1 saturated carbocycles. The third kappa shape index (κ3) is 5.14. The van der Waals surface area contributed by atoms with Gasteiger partial charge in [-0.15, -0.1) is 0 Å². The van der Waals surface area contributed by atoms with Crippen LogP contribution in [0.3, 0.4) is 0 Å². The van der Waals surface area contributed by atoms with Gasteiger partial charge in [-0.3, -0.25) is 4.79 Å². The van der Waals surface area contributed by atoms with Crippen molar-refractivity contribution >= 4 is 21.7 Å². The molecule has 1 amide bonds. The van der Waals surface area contributed by atoms with Crippen LogP contribution in [0.4, 0.5) is 0 Å². The number of esters is 1. The predicted molar refractivity (Wildman–Crippen MR) is 81.0 cm³/mol. The lowest BCUT2D eigenvalue weighted by Crippen LogP contribution is -2.37. The van der Waals surface area contributed by atoms with Gasteiger partial charge in [-0.2, -0.15) is 0 Å². The van der Waals surface area contributed by atoms with E-state index < -0.39 is 21.9 Å². The van der Waals surface area contributed by atoms with E-state index in [4.69, 9.17) is 4.74 Å². The second-order valence-electron chi connectivity index (χ2n) is 5.60. The topological polar surface area (TPSA) is 89.5 Å². The largest absolute Gasteiger partial charge is 0.449 e. The molecule has 0 aromatic heterocycles. The van der Waals surface area contributed by atoms with Crippen LogP contribution in [0, 0.1) is 0 Å². The Morgan fingerprint density at radius 3 is 2.36 bits per heavy atom. The highest BCUT2D eigenvalue weighted by molar-refractivity contribution is 7.89. The first kappa shape index (κ1) is 16.5. The van der Waals surface area contributed by atoms with E-state index in [2.05, 4.69) is 5.32 Å². The number of rotatable bonds is 6. The molecular weight excluding hydrogens is 306 g/mol. The van der Waals surface area contributed by atoms with Gasteiger partial charge in [0.25, 0.3) is 5.91 Å². The highest BCUT2D eigenvalue weighted by atomic mass is 32.2. The fourth-order valence-corrected chi connectivity index (χ4v) is 2.67. The molecule has 0 bridgehead atoms. The fraction of sp³-hybridized carbons (Fsp3) is 0.467. The highest BCUT2D eigenvalue weighted by Gasteiger charge is 2.27. The number of hydrogen-bond acceptors (Lipinski definition) is 5. The van der Waals surface area contributed by atoms with Gasteiger partial charge in [0.05, 0.1) is 11.3 Å². The summed E-state index contributed by atoms with van der Waals surface area (Å²) in [5.41, 5.74) is 0.877. The van der Waals surface area contributed by atoms with E-state index in [-0.39, 0.29) is 23.3 Å². The molecule has 0 radical (unpaired) electrons. The zero-order valence-electron chi connectivity index (χ0n) is 12.5. The van der Waals surface area contributed by atoms with Gasteiger partial charge in [0, 0.05) is 12.3 Å². The minimum Gasteiger partial charge on any atom is -0.449 e. The number of benzene rings is 1. The summed E-state index contributed by atoms with van der Waals surface area (Å²) in [6.07, 6.45) is 2.22. The van der Waals surface area contributed by atoms with Gasteiger partial charge < -0.3 is 10.1 Å². The maximum atomic E-state index is 11.9. The highest BCUT2D eigenvalue weighted by Crippen LogP contribution is 2.19. The number of carbonyl (C=O) groups is 2.